The van der Waals surface area contributed by atoms with Gasteiger partial charge in [-0.25, -0.2) is 22.2 Å². The number of ether oxygens (including phenoxy) is 1. The van der Waals surface area contributed by atoms with Gasteiger partial charge in [0.1, 0.15) is 29.8 Å². The van der Waals surface area contributed by atoms with E-state index in [0.29, 0.717) is 6.07 Å². The number of aliphatic hydroxyl groups is 1. The number of rotatable bonds is 8. The Morgan fingerprint density at radius 1 is 1.11 bits per heavy atom. The van der Waals surface area contributed by atoms with Gasteiger partial charge in [-0.2, -0.15) is 0 Å². The molecule has 196 valence electrons. The topological polar surface area (TPSA) is 76.3 Å². The monoisotopic (exact) mass is 517 g/mol. The van der Waals surface area contributed by atoms with Crippen LogP contribution in [0.3, 0.4) is 0 Å². The van der Waals surface area contributed by atoms with Gasteiger partial charge < -0.3 is 14.7 Å². The standard InChI is InChI=1S/C26H27F4N5O2/c1-34-9-8-20(11-34)37-19-5-2-17(3-6-19)23-12-24(13-23,14-23)26(29,30)25(36,15-35-16-31-32-33-35)21-7-4-18(27)10-22(21)28/h2-7,10,16,20,36H,8-9,11-15H2,1H3/t20-,23?,24?,25?/m0/s1. The van der Waals surface area contributed by atoms with Gasteiger partial charge in [0.2, 0.25) is 0 Å². The van der Waals surface area contributed by atoms with Crippen molar-refractivity contribution >= 4 is 0 Å². The lowest BCUT2D eigenvalue weighted by Gasteiger charge is -2.74. The maximum absolute atomic E-state index is 16.3. The summed E-state index contributed by atoms with van der Waals surface area (Å²) < 4.78 is 67.9. The third-order valence-electron chi connectivity index (χ3n) is 8.49. The molecule has 3 saturated carbocycles. The van der Waals surface area contributed by atoms with Gasteiger partial charge in [-0.15, -0.1) is 5.10 Å². The zero-order chi connectivity index (χ0) is 26.1. The molecule has 2 heterocycles. The lowest BCUT2D eigenvalue weighted by Crippen LogP contribution is -2.76. The molecule has 1 aromatic heterocycles. The van der Waals surface area contributed by atoms with Crippen molar-refractivity contribution in [1.82, 2.24) is 25.1 Å². The van der Waals surface area contributed by atoms with E-state index in [1.54, 1.807) is 0 Å². The van der Waals surface area contributed by atoms with Gasteiger partial charge >= 0.3 is 0 Å². The zero-order valence-corrected chi connectivity index (χ0v) is 20.2. The molecule has 1 saturated heterocycles. The highest BCUT2D eigenvalue weighted by Gasteiger charge is 2.82. The summed E-state index contributed by atoms with van der Waals surface area (Å²) in [5, 5.41) is 21.9. The fourth-order valence-corrected chi connectivity index (χ4v) is 6.60. The van der Waals surface area contributed by atoms with Crippen molar-refractivity contribution in [3.05, 3.63) is 71.6 Å². The van der Waals surface area contributed by atoms with E-state index >= 15 is 8.78 Å². The van der Waals surface area contributed by atoms with Crippen LogP contribution in [0.5, 0.6) is 5.75 Å². The van der Waals surface area contributed by atoms with Crippen molar-refractivity contribution in [1.29, 1.82) is 0 Å². The molecule has 2 aromatic carbocycles. The second-order valence-electron chi connectivity index (χ2n) is 11.0. The highest BCUT2D eigenvalue weighted by molar-refractivity contribution is 5.44. The van der Waals surface area contributed by atoms with Crippen LogP contribution < -0.4 is 4.74 Å². The van der Waals surface area contributed by atoms with Crippen LogP contribution >= 0.6 is 0 Å². The number of tetrazole rings is 1. The van der Waals surface area contributed by atoms with Crippen LogP contribution in [0.25, 0.3) is 0 Å². The molecular formula is C26H27F4N5O2. The number of halogens is 4. The molecule has 4 aliphatic rings. The van der Waals surface area contributed by atoms with E-state index in [1.807, 2.05) is 24.3 Å². The molecule has 2 atom stereocenters. The molecule has 37 heavy (non-hydrogen) atoms. The van der Waals surface area contributed by atoms with Crippen LogP contribution in [0.1, 0.15) is 36.8 Å². The Hall–Kier alpha value is -3.05. The van der Waals surface area contributed by atoms with Gasteiger partial charge in [0.05, 0.1) is 6.54 Å². The lowest BCUT2D eigenvalue weighted by atomic mass is 9.30. The summed E-state index contributed by atoms with van der Waals surface area (Å²) in [5.74, 6) is -5.17. The Labute approximate surface area is 211 Å². The maximum atomic E-state index is 16.3. The predicted octanol–water partition coefficient (Wildman–Crippen LogP) is 3.68. The average Bonchev–Trinajstić information content (AvgIpc) is 3.44. The Kier molecular flexibility index (Phi) is 5.40. The van der Waals surface area contributed by atoms with Crippen LogP contribution in [0.4, 0.5) is 17.6 Å². The molecule has 1 aliphatic heterocycles. The molecule has 7 rings (SSSR count). The highest BCUT2D eigenvalue weighted by Crippen LogP contribution is 2.80. The number of likely N-dealkylation sites (N-methyl/N-ethyl adjacent to an activating group) is 1. The first kappa shape index (κ1) is 24.3. The van der Waals surface area contributed by atoms with Gasteiger partial charge in [-0.1, -0.05) is 12.1 Å². The molecule has 1 unspecified atom stereocenters. The zero-order valence-electron chi connectivity index (χ0n) is 20.2. The molecular weight excluding hydrogens is 490 g/mol. The lowest BCUT2D eigenvalue weighted by molar-refractivity contribution is -0.347. The van der Waals surface area contributed by atoms with Crippen molar-refractivity contribution in [3.63, 3.8) is 0 Å². The normalized spacial score (nSPS) is 28.9. The first-order valence-corrected chi connectivity index (χ1v) is 12.3. The summed E-state index contributed by atoms with van der Waals surface area (Å²) in [6, 6.07) is 9.80. The molecule has 3 aliphatic carbocycles. The third-order valence-corrected chi connectivity index (χ3v) is 8.49. The summed E-state index contributed by atoms with van der Waals surface area (Å²) in [5.41, 5.74) is -4.68. The summed E-state index contributed by atoms with van der Waals surface area (Å²) in [6.45, 7) is 1.07. The summed E-state index contributed by atoms with van der Waals surface area (Å²) >= 11 is 0. The van der Waals surface area contributed by atoms with E-state index in [9.17, 15) is 13.9 Å². The number of hydrogen-bond acceptors (Lipinski definition) is 6. The quantitative estimate of drug-likeness (QED) is 0.460. The molecule has 4 fully saturated rings. The second-order valence-corrected chi connectivity index (χ2v) is 11.0. The molecule has 11 heteroatoms. The first-order valence-electron chi connectivity index (χ1n) is 12.3. The third kappa shape index (κ3) is 3.65. The summed E-state index contributed by atoms with van der Waals surface area (Å²) in [7, 11) is 2.05. The number of nitrogens with zero attached hydrogens (tertiary/aromatic N) is 5. The van der Waals surface area contributed by atoms with Crippen molar-refractivity contribution in [3.8, 4) is 5.75 Å². The Balaban J connectivity index is 1.23. The molecule has 1 N–H and O–H groups in total. The van der Waals surface area contributed by atoms with Crippen molar-refractivity contribution in [2.45, 2.75) is 55.3 Å². The Morgan fingerprint density at radius 3 is 2.43 bits per heavy atom. The minimum atomic E-state index is -3.75. The highest BCUT2D eigenvalue weighted by atomic mass is 19.3. The van der Waals surface area contributed by atoms with Gasteiger partial charge in [-0.3, -0.25) is 0 Å². The minimum absolute atomic E-state index is 0.137. The van der Waals surface area contributed by atoms with Crippen LogP contribution in [0, 0.1) is 17.0 Å². The summed E-state index contributed by atoms with van der Waals surface area (Å²) in [4.78, 5) is 2.21. The van der Waals surface area contributed by atoms with Crippen LogP contribution in [0.2, 0.25) is 0 Å². The number of alkyl halides is 2. The predicted molar refractivity (Wildman–Crippen MR) is 124 cm³/mol. The fourth-order valence-electron chi connectivity index (χ4n) is 6.60. The summed E-state index contributed by atoms with van der Waals surface area (Å²) in [6.07, 6.45) is 2.59. The fraction of sp³-hybridized carbons (Fsp3) is 0.500. The minimum Gasteiger partial charge on any atom is -0.489 e. The van der Waals surface area contributed by atoms with Gasteiger partial charge in [-0.05, 0) is 78.4 Å². The Bertz CT molecular complexity index is 1280. The number of benzene rings is 2. The number of aromatic nitrogens is 4. The van der Waals surface area contributed by atoms with Crippen molar-refractivity contribution < 1.29 is 27.4 Å². The first-order chi connectivity index (χ1) is 17.6. The molecule has 7 nitrogen and oxygen atoms in total. The largest absolute Gasteiger partial charge is 0.489 e. The van der Waals surface area contributed by atoms with E-state index in [4.69, 9.17) is 4.74 Å². The molecule has 0 amide bonds. The average molecular weight is 518 g/mol. The molecule has 2 bridgehead atoms. The van der Waals surface area contributed by atoms with E-state index in [-0.39, 0.29) is 25.4 Å². The van der Waals surface area contributed by atoms with Crippen molar-refractivity contribution in [2.75, 3.05) is 20.1 Å². The van der Waals surface area contributed by atoms with E-state index in [0.717, 1.165) is 54.0 Å². The SMILES string of the molecule is CN1CC[C@H](Oc2ccc(C34CC(C(F)(F)C(O)(Cn5cnnn5)c5ccc(F)cc5F)(C3)C4)cc2)C1. The Morgan fingerprint density at radius 2 is 1.84 bits per heavy atom. The van der Waals surface area contributed by atoms with E-state index < -0.39 is 46.1 Å². The van der Waals surface area contributed by atoms with Crippen LogP contribution in [-0.2, 0) is 17.6 Å². The van der Waals surface area contributed by atoms with Crippen LogP contribution in [0.15, 0.2) is 48.8 Å². The van der Waals surface area contributed by atoms with Gasteiger partial charge in [0.15, 0.2) is 5.60 Å². The molecule has 0 spiro atoms. The van der Waals surface area contributed by atoms with Gasteiger partial charge in [0, 0.05) is 30.1 Å². The second kappa shape index (κ2) is 8.22. The molecule has 3 aromatic rings. The molecule has 0 radical (unpaired) electrons. The van der Waals surface area contributed by atoms with Crippen LogP contribution in [-0.4, -0.2) is 62.4 Å². The number of hydrogen-bond donors (Lipinski definition) is 1. The smallest absolute Gasteiger partial charge is 0.287 e. The van der Waals surface area contributed by atoms with Gasteiger partial charge in [0.25, 0.3) is 5.92 Å². The maximum Gasteiger partial charge on any atom is 0.287 e. The van der Waals surface area contributed by atoms with E-state index in [2.05, 4.69) is 27.5 Å². The number of likely N-dealkylation sites (tertiary alicyclic amines) is 1. The van der Waals surface area contributed by atoms with Crippen molar-refractivity contribution in [2.24, 2.45) is 5.41 Å². The van der Waals surface area contributed by atoms with E-state index in [1.165, 1.54) is 0 Å².